The second-order valence-corrected chi connectivity index (χ2v) is 4.03. The Morgan fingerprint density at radius 3 is 2.86 bits per heavy atom. The molecule has 0 radical (unpaired) electrons. The molecule has 72 valence electrons. The van der Waals surface area contributed by atoms with Gasteiger partial charge in [0, 0.05) is 10.6 Å². The Labute approximate surface area is 95.8 Å². The predicted molar refractivity (Wildman–Crippen MR) is 58.9 cm³/mol. The van der Waals surface area contributed by atoms with Gasteiger partial charge in [-0.25, -0.2) is 0 Å². The van der Waals surface area contributed by atoms with Gasteiger partial charge < -0.3 is 0 Å². The van der Waals surface area contributed by atoms with Gasteiger partial charge >= 0.3 is 0 Å². The lowest BCUT2D eigenvalue weighted by Gasteiger charge is -2.01. The maximum atomic E-state index is 11.5. The third kappa shape index (κ3) is 2.91. The van der Waals surface area contributed by atoms with Gasteiger partial charge in [0.25, 0.3) is 0 Å². The number of benzene rings is 1. The Morgan fingerprint density at radius 2 is 2.21 bits per heavy atom. The summed E-state index contributed by atoms with van der Waals surface area (Å²) >= 11 is 12.4. The molecule has 14 heavy (non-hydrogen) atoms. The van der Waals surface area contributed by atoms with Crippen LogP contribution in [0.15, 0.2) is 18.2 Å². The minimum absolute atomic E-state index is 0.0938. The van der Waals surface area contributed by atoms with E-state index in [1.165, 1.54) is 6.07 Å². The van der Waals surface area contributed by atoms with Gasteiger partial charge in [0.05, 0.1) is 10.8 Å². The molecule has 0 atom stereocenters. The van der Waals surface area contributed by atoms with Crippen LogP contribution >= 0.6 is 35.0 Å². The summed E-state index contributed by atoms with van der Waals surface area (Å²) in [4.78, 5) is 11.5. The van der Waals surface area contributed by atoms with Gasteiger partial charge in [-0.1, -0.05) is 23.2 Å². The maximum Gasteiger partial charge on any atom is 0.175 e. The fourth-order valence-corrected chi connectivity index (χ4v) is 1.63. The van der Waals surface area contributed by atoms with Gasteiger partial charge in [-0.05, 0) is 30.0 Å². The van der Waals surface area contributed by atoms with Gasteiger partial charge in [0.2, 0.25) is 0 Å². The smallest absolute Gasteiger partial charge is 0.175 e. The summed E-state index contributed by atoms with van der Waals surface area (Å²) in [5.41, 5.74) is 0.363. The molecule has 0 spiro atoms. The number of thioether (sulfide) groups is 1. The summed E-state index contributed by atoms with van der Waals surface area (Å²) in [7, 11) is 0. The van der Waals surface area contributed by atoms with Crippen LogP contribution < -0.4 is 0 Å². The molecule has 5 heteroatoms. The maximum absolute atomic E-state index is 11.5. The second kappa shape index (κ2) is 5.26. The minimum atomic E-state index is -0.191. The lowest BCUT2D eigenvalue weighted by Crippen LogP contribution is -2.02. The SMILES string of the molecule is N#CSCC(=O)c1cc(Cl)ccc1Cl. The van der Waals surface area contributed by atoms with Crippen molar-refractivity contribution >= 4 is 40.7 Å². The van der Waals surface area contributed by atoms with E-state index >= 15 is 0 Å². The summed E-state index contributed by atoms with van der Waals surface area (Å²) in [6, 6.07) is 4.68. The van der Waals surface area contributed by atoms with Gasteiger partial charge in [0.1, 0.15) is 5.40 Å². The van der Waals surface area contributed by atoms with E-state index in [2.05, 4.69) is 0 Å². The van der Waals surface area contributed by atoms with Crippen molar-refractivity contribution in [1.29, 1.82) is 5.26 Å². The van der Waals surface area contributed by atoms with Gasteiger partial charge in [-0.2, -0.15) is 5.26 Å². The highest BCUT2D eigenvalue weighted by Gasteiger charge is 2.10. The molecular formula is C9H5Cl2NOS. The molecule has 0 saturated carbocycles. The predicted octanol–water partition coefficient (Wildman–Crippen LogP) is 3.39. The van der Waals surface area contributed by atoms with E-state index in [9.17, 15) is 4.79 Å². The van der Waals surface area contributed by atoms with Crippen LogP contribution in [0.2, 0.25) is 10.0 Å². The molecule has 0 bridgehead atoms. The van der Waals surface area contributed by atoms with Gasteiger partial charge in [0.15, 0.2) is 5.78 Å². The molecule has 0 aliphatic heterocycles. The van der Waals surface area contributed by atoms with Crippen molar-refractivity contribution in [3.63, 3.8) is 0 Å². The van der Waals surface area contributed by atoms with E-state index in [4.69, 9.17) is 28.5 Å². The van der Waals surface area contributed by atoms with E-state index in [1.54, 1.807) is 12.1 Å². The molecule has 0 heterocycles. The number of halogens is 2. The molecule has 0 aliphatic carbocycles. The van der Waals surface area contributed by atoms with Crippen molar-refractivity contribution in [2.24, 2.45) is 0 Å². The van der Waals surface area contributed by atoms with Crippen LogP contribution in [-0.4, -0.2) is 11.5 Å². The lowest BCUT2D eigenvalue weighted by atomic mass is 10.1. The Kier molecular flexibility index (Phi) is 4.27. The van der Waals surface area contributed by atoms with Crippen molar-refractivity contribution in [2.75, 3.05) is 5.75 Å². The van der Waals surface area contributed by atoms with Crippen LogP contribution in [0.25, 0.3) is 0 Å². The normalized spacial score (nSPS) is 9.50. The van der Waals surface area contributed by atoms with Crippen LogP contribution in [-0.2, 0) is 0 Å². The number of hydrogen-bond donors (Lipinski definition) is 0. The first-order valence-corrected chi connectivity index (χ1v) is 5.38. The number of carbonyl (C=O) groups excluding carboxylic acids is 1. The Balaban J connectivity index is 2.90. The van der Waals surface area contributed by atoms with E-state index < -0.39 is 0 Å². The van der Waals surface area contributed by atoms with Crippen molar-refractivity contribution in [1.82, 2.24) is 0 Å². The molecule has 1 rings (SSSR count). The van der Waals surface area contributed by atoms with Crippen molar-refractivity contribution in [3.8, 4) is 5.40 Å². The first kappa shape index (κ1) is 11.4. The zero-order valence-corrected chi connectivity index (χ0v) is 9.29. The van der Waals surface area contributed by atoms with Crippen LogP contribution in [0.3, 0.4) is 0 Å². The average Bonchev–Trinajstić information content (AvgIpc) is 2.18. The van der Waals surface area contributed by atoms with Crippen LogP contribution in [0.1, 0.15) is 10.4 Å². The van der Waals surface area contributed by atoms with Crippen LogP contribution in [0, 0.1) is 10.7 Å². The van der Waals surface area contributed by atoms with E-state index in [-0.39, 0.29) is 11.5 Å². The van der Waals surface area contributed by atoms with Crippen molar-refractivity contribution in [2.45, 2.75) is 0 Å². The highest BCUT2D eigenvalue weighted by Crippen LogP contribution is 2.21. The summed E-state index contributed by atoms with van der Waals surface area (Å²) < 4.78 is 0. The number of rotatable bonds is 3. The van der Waals surface area contributed by atoms with E-state index in [1.807, 2.05) is 5.40 Å². The number of nitrogens with zero attached hydrogens (tertiary/aromatic N) is 1. The quantitative estimate of drug-likeness (QED) is 0.606. The molecule has 1 aromatic carbocycles. The number of nitriles is 1. The number of carbonyl (C=O) groups is 1. The molecule has 2 nitrogen and oxygen atoms in total. The first-order chi connectivity index (χ1) is 6.65. The zero-order chi connectivity index (χ0) is 10.6. The third-order valence-corrected chi connectivity index (χ3v) is 2.60. The topological polar surface area (TPSA) is 40.9 Å². The van der Waals surface area contributed by atoms with Crippen LogP contribution in [0.5, 0.6) is 0 Å². The molecule has 1 aromatic rings. The van der Waals surface area contributed by atoms with Gasteiger partial charge in [-0.3, -0.25) is 4.79 Å². The van der Waals surface area contributed by atoms with Crippen molar-refractivity contribution in [3.05, 3.63) is 33.8 Å². The summed E-state index contributed by atoms with van der Waals surface area (Å²) in [5, 5.41) is 10.9. The lowest BCUT2D eigenvalue weighted by molar-refractivity contribution is 0.102. The fraction of sp³-hybridized carbons (Fsp3) is 0.111. The number of hydrogen-bond acceptors (Lipinski definition) is 3. The summed E-state index contributed by atoms with van der Waals surface area (Å²) in [6.45, 7) is 0. The fourth-order valence-electron chi connectivity index (χ4n) is 0.887. The molecule has 0 N–H and O–H groups in total. The van der Waals surface area contributed by atoms with E-state index in [0.717, 1.165) is 11.8 Å². The third-order valence-electron chi connectivity index (χ3n) is 1.50. The Hall–Kier alpha value is -0.690. The zero-order valence-electron chi connectivity index (χ0n) is 6.96. The molecule has 0 fully saturated rings. The average molecular weight is 246 g/mol. The monoisotopic (exact) mass is 245 g/mol. The Bertz CT molecular complexity index is 400. The number of ketones is 1. The number of Topliss-reactive ketones (excluding diaryl/α,β-unsaturated/α-hetero) is 1. The van der Waals surface area contributed by atoms with Crippen molar-refractivity contribution < 1.29 is 4.79 Å². The highest BCUT2D eigenvalue weighted by molar-refractivity contribution is 8.04. The highest BCUT2D eigenvalue weighted by atomic mass is 35.5. The second-order valence-electron chi connectivity index (χ2n) is 2.43. The molecule has 0 aromatic heterocycles. The molecular weight excluding hydrogens is 241 g/mol. The van der Waals surface area contributed by atoms with Gasteiger partial charge in [-0.15, -0.1) is 0 Å². The largest absolute Gasteiger partial charge is 0.293 e. The molecule has 0 aliphatic rings. The molecule has 0 unspecified atom stereocenters. The number of thiocyanates is 1. The minimum Gasteiger partial charge on any atom is -0.293 e. The summed E-state index contributed by atoms with van der Waals surface area (Å²) in [6.07, 6.45) is 0. The summed E-state index contributed by atoms with van der Waals surface area (Å²) in [5.74, 6) is -0.0969. The standard InChI is InChI=1S/C9H5Cl2NOS/c10-6-1-2-8(11)7(3-6)9(13)4-14-5-12/h1-3H,4H2. The Morgan fingerprint density at radius 1 is 1.50 bits per heavy atom. The van der Waals surface area contributed by atoms with Crippen LogP contribution in [0.4, 0.5) is 0 Å². The first-order valence-electron chi connectivity index (χ1n) is 3.64. The molecule has 0 saturated heterocycles. The molecule has 0 amide bonds. The van der Waals surface area contributed by atoms with E-state index in [0.29, 0.717) is 15.6 Å².